The van der Waals surface area contributed by atoms with E-state index in [2.05, 4.69) is 14.7 Å². The third kappa shape index (κ3) is 2.95. The molecular weight excluding hydrogens is 202 g/mol. The number of nitrogens with zero attached hydrogens (tertiary/aromatic N) is 2. The second kappa shape index (κ2) is 4.90. The zero-order valence-corrected chi connectivity index (χ0v) is 8.97. The molecule has 78 valence electrons. The summed E-state index contributed by atoms with van der Waals surface area (Å²) in [6.45, 7) is 3.72. The molecule has 1 aromatic rings. The van der Waals surface area contributed by atoms with Gasteiger partial charge in [0.25, 0.3) is 0 Å². The van der Waals surface area contributed by atoms with Gasteiger partial charge in [0.2, 0.25) is 5.13 Å². The summed E-state index contributed by atoms with van der Waals surface area (Å²) >= 11 is 1.19. The van der Waals surface area contributed by atoms with Gasteiger partial charge in [-0.25, -0.2) is 9.78 Å². The number of aromatic nitrogens is 2. The number of carboxylic acids is 1. The first-order chi connectivity index (χ1) is 6.63. The van der Waals surface area contributed by atoms with E-state index in [4.69, 9.17) is 5.11 Å². The normalized spacial score (nSPS) is 12.4. The van der Waals surface area contributed by atoms with Crippen LogP contribution in [0.2, 0.25) is 0 Å². The highest BCUT2D eigenvalue weighted by Gasteiger charge is 2.17. The highest BCUT2D eigenvalue weighted by Crippen LogP contribution is 2.13. The number of carboxylic acid groups (broad SMARTS) is 1. The van der Waals surface area contributed by atoms with E-state index in [1.54, 1.807) is 6.92 Å². The Labute approximate surface area is 86.3 Å². The highest BCUT2D eigenvalue weighted by molar-refractivity contribution is 7.09. The van der Waals surface area contributed by atoms with Gasteiger partial charge in [-0.3, -0.25) is 0 Å². The number of aliphatic carboxylic acids is 1. The standard InChI is InChI=1S/C8H13N3O2S/c1-3-4-6(7(12)13)10-8-9-5(2)11-14-8/h6H,3-4H2,1-2H3,(H,12,13)(H,9,10,11). The van der Waals surface area contributed by atoms with Crippen LogP contribution in [0.3, 0.4) is 0 Å². The zero-order valence-electron chi connectivity index (χ0n) is 8.15. The average Bonchev–Trinajstić information content (AvgIpc) is 2.50. The number of aryl methyl sites for hydroxylation is 1. The Hall–Kier alpha value is -1.17. The molecule has 0 saturated heterocycles. The van der Waals surface area contributed by atoms with Crippen molar-refractivity contribution in [3.63, 3.8) is 0 Å². The number of anilines is 1. The number of carbonyl (C=O) groups is 1. The molecule has 1 rings (SSSR count). The molecule has 1 atom stereocenters. The predicted molar refractivity (Wildman–Crippen MR) is 54.6 cm³/mol. The van der Waals surface area contributed by atoms with Crippen LogP contribution in [0.4, 0.5) is 5.13 Å². The van der Waals surface area contributed by atoms with Crippen LogP contribution in [0.25, 0.3) is 0 Å². The smallest absolute Gasteiger partial charge is 0.326 e. The lowest BCUT2D eigenvalue weighted by atomic mass is 10.2. The first-order valence-corrected chi connectivity index (χ1v) is 5.20. The summed E-state index contributed by atoms with van der Waals surface area (Å²) < 4.78 is 3.96. The van der Waals surface area contributed by atoms with Gasteiger partial charge in [-0.1, -0.05) is 13.3 Å². The fourth-order valence-corrected chi connectivity index (χ4v) is 1.68. The van der Waals surface area contributed by atoms with Crippen LogP contribution in [-0.4, -0.2) is 26.5 Å². The average molecular weight is 215 g/mol. The summed E-state index contributed by atoms with van der Waals surface area (Å²) in [4.78, 5) is 14.8. The first-order valence-electron chi connectivity index (χ1n) is 4.43. The van der Waals surface area contributed by atoms with Crippen molar-refractivity contribution in [2.45, 2.75) is 32.7 Å². The molecule has 0 aromatic carbocycles. The molecule has 0 spiro atoms. The molecule has 0 aliphatic heterocycles. The van der Waals surface area contributed by atoms with Crippen LogP contribution >= 0.6 is 11.5 Å². The Morgan fingerprint density at radius 2 is 2.43 bits per heavy atom. The maximum Gasteiger partial charge on any atom is 0.326 e. The lowest BCUT2D eigenvalue weighted by Gasteiger charge is -2.11. The van der Waals surface area contributed by atoms with Gasteiger partial charge in [-0.05, 0) is 13.3 Å². The van der Waals surface area contributed by atoms with Crippen LogP contribution in [0.1, 0.15) is 25.6 Å². The molecule has 0 bridgehead atoms. The largest absolute Gasteiger partial charge is 0.480 e. The molecule has 6 heteroatoms. The van der Waals surface area contributed by atoms with E-state index in [-0.39, 0.29) is 0 Å². The van der Waals surface area contributed by atoms with E-state index >= 15 is 0 Å². The minimum Gasteiger partial charge on any atom is -0.480 e. The molecule has 1 aromatic heterocycles. The lowest BCUT2D eigenvalue weighted by molar-refractivity contribution is -0.138. The molecule has 1 heterocycles. The van der Waals surface area contributed by atoms with Crippen molar-refractivity contribution in [2.75, 3.05) is 5.32 Å². The molecule has 0 aliphatic carbocycles. The third-order valence-corrected chi connectivity index (χ3v) is 2.44. The lowest BCUT2D eigenvalue weighted by Crippen LogP contribution is -2.28. The van der Waals surface area contributed by atoms with Crippen molar-refractivity contribution >= 4 is 22.6 Å². The molecular formula is C8H13N3O2S. The van der Waals surface area contributed by atoms with Gasteiger partial charge in [-0.2, -0.15) is 4.37 Å². The van der Waals surface area contributed by atoms with Crippen molar-refractivity contribution in [1.29, 1.82) is 0 Å². The van der Waals surface area contributed by atoms with E-state index in [1.165, 1.54) is 11.5 Å². The van der Waals surface area contributed by atoms with Gasteiger partial charge >= 0.3 is 5.97 Å². The molecule has 5 nitrogen and oxygen atoms in total. The fraction of sp³-hybridized carbons (Fsp3) is 0.625. The fourth-order valence-electron chi connectivity index (χ4n) is 1.05. The Bertz CT molecular complexity index is 313. The van der Waals surface area contributed by atoms with Crippen LogP contribution in [0.5, 0.6) is 0 Å². The molecule has 0 amide bonds. The first kappa shape index (κ1) is 10.9. The Morgan fingerprint density at radius 3 is 2.86 bits per heavy atom. The van der Waals surface area contributed by atoms with Crippen LogP contribution < -0.4 is 5.32 Å². The third-order valence-electron chi connectivity index (χ3n) is 1.70. The molecule has 1 unspecified atom stereocenters. The van der Waals surface area contributed by atoms with Gasteiger partial charge < -0.3 is 10.4 Å². The second-order valence-corrected chi connectivity index (χ2v) is 3.72. The number of hydrogen-bond donors (Lipinski definition) is 2. The molecule has 14 heavy (non-hydrogen) atoms. The van der Waals surface area contributed by atoms with E-state index in [1.807, 2.05) is 6.92 Å². The predicted octanol–water partition coefficient (Wildman–Crippen LogP) is 1.51. The number of nitrogens with one attached hydrogen (secondary N) is 1. The van der Waals surface area contributed by atoms with Gasteiger partial charge in [0.05, 0.1) is 0 Å². The minimum absolute atomic E-state index is 0.563. The van der Waals surface area contributed by atoms with E-state index in [0.29, 0.717) is 17.4 Å². The minimum atomic E-state index is -0.847. The molecule has 0 radical (unpaired) electrons. The quantitative estimate of drug-likeness (QED) is 0.778. The summed E-state index contributed by atoms with van der Waals surface area (Å²) in [5, 5.41) is 12.3. The Morgan fingerprint density at radius 1 is 1.71 bits per heavy atom. The van der Waals surface area contributed by atoms with Crippen molar-refractivity contribution in [2.24, 2.45) is 0 Å². The van der Waals surface area contributed by atoms with Crippen molar-refractivity contribution in [3.8, 4) is 0 Å². The second-order valence-electron chi connectivity index (χ2n) is 2.97. The maximum absolute atomic E-state index is 10.8. The van der Waals surface area contributed by atoms with Gasteiger partial charge in [0, 0.05) is 11.5 Å². The van der Waals surface area contributed by atoms with Crippen LogP contribution in [0.15, 0.2) is 0 Å². The summed E-state index contributed by atoms with van der Waals surface area (Å²) in [5.74, 6) is -0.183. The highest BCUT2D eigenvalue weighted by atomic mass is 32.1. The topological polar surface area (TPSA) is 75.1 Å². The molecule has 0 saturated carbocycles. The Kier molecular flexibility index (Phi) is 3.82. The van der Waals surface area contributed by atoms with Gasteiger partial charge in [0.1, 0.15) is 11.9 Å². The Balaban J connectivity index is 2.59. The molecule has 2 N–H and O–H groups in total. The van der Waals surface area contributed by atoms with Gasteiger partial charge in [0.15, 0.2) is 0 Å². The van der Waals surface area contributed by atoms with Crippen LogP contribution in [-0.2, 0) is 4.79 Å². The summed E-state index contributed by atoms with van der Waals surface area (Å²) in [7, 11) is 0. The van der Waals surface area contributed by atoms with Gasteiger partial charge in [-0.15, -0.1) is 0 Å². The maximum atomic E-state index is 10.8. The SMILES string of the molecule is CCCC(Nc1nc(C)ns1)C(=O)O. The summed E-state index contributed by atoms with van der Waals surface area (Å²) in [5.41, 5.74) is 0. The van der Waals surface area contributed by atoms with Crippen LogP contribution in [0, 0.1) is 6.92 Å². The monoisotopic (exact) mass is 215 g/mol. The molecule has 0 aliphatic rings. The van der Waals surface area contributed by atoms with Crippen molar-refractivity contribution < 1.29 is 9.90 Å². The zero-order chi connectivity index (χ0) is 10.6. The summed E-state index contributed by atoms with van der Waals surface area (Å²) in [6, 6.07) is -0.563. The molecule has 0 fully saturated rings. The van der Waals surface area contributed by atoms with Crippen molar-refractivity contribution in [3.05, 3.63) is 5.82 Å². The summed E-state index contributed by atoms with van der Waals surface area (Å²) in [6.07, 6.45) is 1.41. The van der Waals surface area contributed by atoms with E-state index < -0.39 is 12.0 Å². The number of hydrogen-bond acceptors (Lipinski definition) is 5. The number of rotatable bonds is 5. The van der Waals surface area contributed by atoms with E-state index in [0.717, 1.165) is 6.42 Å². The van der Waals surface area contributed by atoms with E-state index in [9.17, 15) is 4.79 Å². The van der Waals surface area contributed by atoms with Crippen molar-refractivity contribution in [1.82, 2.24) is 9.36 Å².